The number of carbonyl (C=O) groups excluding carboxylic acids is 1. The molecular weight excluding hydrogens is 526 g/mol. The van der Waals surface area contributed by atoms with E-state index in [4.69, 9.17) is 9.47 Å². The summed E-state index contributed by atoms with van der Waals surface area (Å²) in [7, 11) is 2.12. The Balaban J connectivity index is 1.34. The quantitative estimate of drug-likeness (QED) is 0.247. The average Bonchev–Trinajstić information content (AvgIpc) is 3.03. The molecule has 1 aromatic heterocycles. The van der Waals surface area contributed by atoms with Gasteiger partial charge in [-0.15, -0.1) is 0 Å². The summed E-state index contributed by atoms with van der Waals surface area (Å²) < 4.78 is 13.2. The first-order valence-corrected chi connectivity index (χ1v) is 14.5. The molecule has 1 aliphatic rings. The highest BCUT2D eigenvalue weighted by atomic mass is 16.7. The van der Waals surface area contributed by atoms with Crippen molar-refractivity contribution in [2.45, 2.75) is 51.4 Å². The molecule has 7 nitrogen and oxygen atoms in total. The maximum Gasteiger partial charge on any atom is 0.217 e. The number of pyridine rings is 1. The number of rotatable bonds is 11. The van der Waals surface area contributed by atoms with Gasteiger partial charge in [0.05, 0.1) is 18.8 Å². The third kappa shape index (κ3) is 8.11. The van der Waals surface area contributed by atoms with Crippen LogP contribution in [0.1, 0.15) is 53.7 Å². The smallest absolute Gasteiger partial charge is 0.217 e. The van der Waals surface area contributed by atoms with E-state index >= 15 is 0 Å². The van der Waals surface area contributed by atoms with Crippen molar-refractivity contribution in [3.63, 3.8) is 0 Å². The minimum Gasteiger partial charge on any atom is -0.392 e. The normalized spacial score (nSPS) is 18.6. The number of hydrogen-bond donors (Lipinski definition) is 2. The van der Waals surface area contributed by atoms with Crippen molar-refractivity contribution in [2.75, 3.05) is 20.1 Å². The highest BCUT2D eigenvalue weighted by molar-refractivity contribution is 5.73. The molecule has 0 spiro atoms. The summed E-state index contributed by atoms with van der Waals surface area (Å²) in [5, 5.41) is 12.4. The van der Waals surface area contributed by atoms with Gasteiger partial charge >= 0.3 is 0 Å². The minimum absolute atomic E-state index is 0.0139. The van der Waals surface area contributed by atoms with Crippen molar-refractivity contribution in [3.05, 3.63) is 125 Å². The Kier molecular flexibility index (Phi) is 10.1. The van der Waals surface area contributed by atoms with Crippen LogP contribution in [0.4, 0.5) is 0 Å². The lowest BCUT2D eigenvalue weighted by atomic mass is 9.98. The summed E-state index contributed by atoms with van der Waals surface area (Å²) in [6.07, 6.45) is 2.73. The van der Waals surface area contributed by atoms with Crippen molar-refractivity contribution >= 4 is 5.91 Å². The van der Waals surface area contributed by atoms with E-state index in [-0.39, 0.29) is 24.7 Å². The third-order valence-electron chi connectivity index (χ3n) is 7.57. The maximum absolute atomic E-state index is 11.4. The Morgan fingerprint density at radius 2 is 1.71 bits per heavy atom. The van der Waals surface area contributed by atoms with E-state index in [0.717, 1.165) is 65.0 Å². The second-order valence-electron chi connectivity index (χ2n) is 10.9. The standard InChI is InChI=1S/C35H39N3O4/c1-25(40)37-22-27-7-5-8-29(19-27)30-9-6-10-31(20-30)35-41-33(23-38(2)18-16-32-11-3-4-17-36-32)21-34(42-35)28-14-12-26(24-39)13-15-28/h3-15,17,19-20,33-35,39H,16,18,21-24H2,1-2H3,(H,37,40)/t33-,34+,35+/m1/s1. The fraction of sp³-hybridized carbons (Fsp3) is 0.314. The number of aliphatic hydroxyl groups is 1. The monoisotopic (exact) mass is 565 g/mol. The van der Waals surface area contributed by atoms with E-state index in [9.17, 15) is 9.90 Å². The number of hydrogen-bond acceptors (Lipinski definition) is 6. The van der Waals surface area contributed by atoms with Crippen LogP contribution in [-0.4, -0.2) is 47.1 Å². The van der Waals surface area contributed by atoms with Gasteiger partial charge in [-0.25, -0.2) is 0 Å². The van der Waals surface area contributed by atoms with Crippen LogP contribution in [0.2, 0.25) is 0 Å². The molecule has 218 valence electrons. The van der Waals surface area contributed by atoms with Gasteiger partial charge in [-0.05, 0) is 59.1 Å². The van der Waals surface area contributed by atoms with Gasteiger partial charge in [0.1, 0.15) is 0 Å². The van der Waals surface area contributed by atoms with Crippen LogP contribution < -0.4 is 5.32 Å². The Hall–Kier alpha value is -3.88. The molecule has 0 unspecified atom stereocenters. The molecule has 0 saturated carbocycles. The zero-order valence-electron chi connectivity index (χ0n) is 24.3. The van der Waals surface area contributed by atoms with Crippen LogP contribution in [0, 0.1) is 0 Å². The van der Waals surface area contributed by atoms with E-state index in [0.29, 0.717) is 6.54 Å². The van der Waals surface area contributed by atoms with Gasteiger partial charge in [-0.2, -0.15) is 0 Å². The number of aromatic nitrogens is 1. The van der Waals surface area contributed by atoms with E-state index in [2.05, 4.69) is 58.6 Å². The number of carbonyl (C=O) groups is 1. The highest BCUT2D eigenvalue weighted by Crippen LogP contribution is 2.39. The van der Waals surface area contributed by atoms with Crippen LogP contribution in [0.25, 0.3) is 11.1 Å². The van der Waals surface area contributed by atoms with E-state index in [1.54, 1.807) is 0 Å². The molecule has 1 amide bonds. The molecule has 0 radical (unpaired) electrons. The first kappa shape index (κ1) is 29.6. The molecule has 0 bridgehead atoms. The summed E-state index contributed by atoms with van der Waals surface area (Å²) in [6, 6.07) is 30.5. The van der Waals surface area contributed by atoms with Crippen LogP contribution in [0.15, 0.2) is 97.2 Å². The summed E-state index contributed by atoms with van der Waals surface area (Å²) in [5.74, 6) is -0.0496. The van der Waals surface area contributed by atoms with E-state index < -0.39 is 6.29 Å². The van der Waals surface area contributed by atoms with Gasteiger partial charge in [-0.1, -0.05) is 66.7 Å². The van der Waals surface area contributed by atoms with E-state index in [1.807, 2.05) is 60.8 Å². The van der Waals surface area contributed by atoms with Crippen LogP contribution in [0.5, 0.6) is 0 Å². The fourth-order valence-electron chi connectivity index (χ4n) is 5.28. The number of nitrogens with one attached hydrogen (secondary N) is 1. The molecular formula is C35H39N3O4. The van der Waals surface area contributed by atoms with Gasteiger partial charge in [0.2, 0.25) is 5.91 Å². The summed E-state index contributed by atoms with van der Waals surface area (Å²) in [6.45, 7) is 3.67. The zero-order valence-corrected chi connectivity index (χ0v) is 24.3. The van der Waals surface area contributed by atoms with Gasteiger partial charge < -0.3 is 24.8 Å². The van der Waals surface area contributed by atoms with Crippen molar-refractivity contribution in [2.24, 2.45) is 0 Å². The van der Waals surface area contributed by atoms with Crippen LogP contribution >= 0.6 is 0 Å². The molecule has 3 aromatic carbocycles. The molecule has 4 aromatic rings. The number of likely N-dealkylation sites (N-methyl/N-ethyl adjacent to an activating group) is 1. The number of nitrogens with zero attached hydrogens (tertiary/aromatic N) is 2. The van der Waals surface area contributed by atoms with Crippen LogP contribution in [0.3, 0.4) is 0 Å². The van der Waals surface area contributed by atoms with Gasteiger partial charge in [0, 0.05) is 56.9 Å². The molecule has 1 saturated heterocycles. The van der Waals surface area contributed by atoms with Crippen molar-refractivity contribution in [3.8, 4) is 11.1 Å². The Labute approximate surface area is 248 Å². The topological polar surface area (TPSA) is 83.9 Å². The van der Waals surface area contributed by atoms with Crippen molar-refractivity contribution in [1.82, 2.24) is 15.2 Å². The van der Waals surface area contributed by atoms with E-state index in [1.165, 1.54) is 6.92 Å². The number of aliphatic hydroxyl groups excluding tert-OH is 1. The maximum atomic E-state index is 11.4. The van der Waals surface area contributed by atoms with Gasteiger partial charge in [0.15, 0.2) is 6.29 Å². The highest BCUT2D eigenvalue weighted by Gasteiger charge is 2.33. The predicted octanol–water partition coefficient (Wildman–Crippen LogP) is 5.60. The Morgan fingerprint density at radius 1 is 0.929 bits per heavy atom. The lowest BCUT2D eigenvalue weighted by Crippen LogP contribution is -2.38. The SMILES string of the molecule is CC(=O)NCc1cccc(-c2cccc([C@H]3O[C@@H](CN(C)CCc4ccccn4)C[C@@H](c4ccc(CO)cc4)O3)c2)c1. The number of ether oxygens (including phenoxy) is 2. The molecule has 5 rings (SSSR count). The lowest BCUT2D eigenvalue weighted by molar-refractivity contribution is -0.252. The number of amides is 1. The molecule has 2 N–H and O–H groups in total. The molecule has 1 aliphatic heterocycles. The molecule has 1 fully saturated rings. The first-order valence-electron chi connectivity index (χ1n) is 14.5. The second kappa shape index (κ2) is 14.3. The van der Waals surface area contributed by atoms with Crippen molar-refractivity contribution in [1.29, 1.82) is 0 Å². The largest absolute Gasteiger partial charge is 0.392 e. The van der Waals surface area contributed by atoms with Crippen LogP contribution in [-0.2, 0) is 33.8 Å². The third-order valence-corrected chi connectivity index (χ3v) is 7.57. The Bertz CT molecular complexity index is 1440. The fourth-order valence-corrected chi connectivity index (χ4v) is 5.28. The average molecular weight is 566 g/mol. The Morgan fingerprint density at radius 3 is 2.45 bits per heavy atom. The molecule has 2 heterocycles. The van der Waals surface area contributed by atoms with Gasteiger partial charge in [0.25, 0.3) is 0 Å². The zero-order chi connectivity index (χ0) is 29.3. The summed E-state index contributed by atoms with van der Waals surface area (Å²) >= 11 is 0. The molecule has 3 atom stereocenters. The van der Waals surface area contributed by atoms with Crippen molar-refractivity contribution < 1.29 is 19.4 Å². The van der Waals surface area contributed by atoms with Gasteiger partial charge in [-0.3, -0.25) is 9.78 Å². The second-order valence-corrected chi connectivity index (χ2v) is 10.9. The first-order chi connectivity index (χ1) is 20.5. The molecule has 7 heteroatoms. The lowest BCUT2D eigenvalue weighted by Gasteiger charge is -2.38. The minimum atomic E-state index is -0.530. The number of benzene rings is 3. The molecule has 0 aliphatic carbocycles. The molecule has 42 heavy (non-hydrogen) atoms. The summed E-state index contributed by atoms with van der Waals surface area (Å²) in [4.78, 5) is 18.1. The summed E-state index contributed by atoms with van der Waals surface area (Å²) in [5.41, 5.74) is 7.15. The predicted molar refractivity (Wildman–Crippen MR) is 163 cm³/mol.